The van der Waals surface area contributed by atoms with Crippen molar-refractivity contribution in [2.24, 2.45) is 0 Å². The molecule has 5 rings (SSSR count). The van der Waals surface area contributed by atoms with Crippen LogP contribution in [0.3, 0.4) is 0 Å². The summed E-state index contributed by atoms with van der Waals surface area (Å²) in [4.78, 5) is 21.2. The van der Waals surface area contributed by atoms with Crippen molar-refractivity contribution in [1.82, 2.24) is 9.88 Å². The van der Waals surface area contributed by atoms with Crippen molar-refractivity contribution in [3.63, 3.8) is 0 Å². The van der Waals surface area contributed by atoms with Crippen LogP contribution in [-0.4, -0.2) is 42.0 Å². The Morgan fingerprint density at radius 1 is 0.935 bits per heavy atom. The Balaban J connectivity index is 1.26. The summed E-state index contributed by atoms with van der Waals surface area (Å²) in [5.74, 6) is -0.318. The first-order valence-electron chi connectivity index (χ1n) is 10.2. The zero-order valence-electron chi connectivity index (χ0n) is 16.8. The van der Waals surface area contributed by atoms with Crippen LogP contribution in [0.2, 0.25) is 0 Å². The highest BCUT2D eigenvalue weighted by Gasteiger charge is 2.25. The topological polar surface area (TPSA) is 48.5 Å². The summed E-state index contributed by atoms with van der Waals surface area (Å²) in [6.07, 6.45) is 0. The minimum Gasteiger partial charge on any atom is -0.366 e. The van der Waals surface area contributed by atoms with Gasteiger partial charge < -0.3 is 15.1 Å². The van der Waals surface area contributed by atoms with Gasteiger partial charge in [-0.3, -0.25) is 4.79 Å². The van der Waals surface area contributed by atoms with Gasteiger partial charge in [-0.05, 0) is 23.6 Å². The van der Waals surface area contributed by atoms with Gasteiger partial charge >= 0.3 is 0 Å². The second kappa shape index (κ2) is 8.35. The molecule has 0 bridgehead atoms. The first kappa shape index (κ1) is 19.5. The maximum atomic E-state index is 14.0. The predicted molar refractivity (Wildman–Crippen MR) is 124 cm³/mol. The Bertz CT molecular complexity index is 1230. The van der Waals surface area contributed by atoms with E-state index in [9.17, 15) is 9.18 Å². The molecule has 1 N–H and O–H groups in total. The van der Waals surface area contributed by atoms with E-state index in [1.165, 1.54) is 17.4 Å². The number of anilines is 3. The van der Waals surface area contributed by atoms with Crippen molar-refractivity contribution < 1.29 is 9.18 Å². The van der Waals surface area contributed by atoms with E-state index in [1.807, 2.05) is 35.2 Å². The highest BCUT2D eigenvalue weighted by molar-refractivity contribution is 7.14. The zero-order valence-corrected chi connectivity index (χ0v) is 17.6. The maximum absolute atomic E-state index is 14.0. The Kier molecular flexibility index (Phi) is 5.26. The van der Waals surface area contributed by atoms with Gasteiger partial charge in [0.05, 0.1) is 5.69 Å². The fourth-order valence-corrected chi connectivity index (χ4v) is 4.60. The Morgan fingerprint density at radius 3 is 2.52 bits per heavy atom. The summed E-state index contributed by atoms with van der Waals surface area (Å²) in [5, 5.41) is 8.08. The first-order valence-corrected chi connectivity index (χ1v) is 11.1. The number of halogens is 1. The molecular weight excluding hydrogens is 411 g/mol. The molecule has 156 valence electrons. The number of carbonyl (C=O) groups is 1. The van der Waals surface area contributed by atoms with E-state index in [2.05, 4.69) is 28.5 Å². The number of hydrogen-bond acceptors (Lipinski definition) is 5. The van der Waals surface area contributed by atoms with Gasteiger partial charge in [0.1, 0.15) is 11.5 Å². The largest absolute Gasteiger partial charge is 0.366 e. The molecule has 31 heavy (non-hydrogen) atoms. The molecule has 1 fully saturated rings. The average Bonchev–Trinajstić information content (AvgIpc) is 3.28. The summed E-state index contributed by atoms with van der Waals surface area (Å²) in [6, 6.07) is 21.0. The SMILES string of the molecule is O=C(c1csc(Nc2cccc3ccccc23)n1)N1CCN(c2ccccc2F)CC1. The summed E-state index contributed by atoms with van der Waals surface area (Å²) < 4.78 is 14.0. The lowest BCUT2D eigenvalue weighted by Gasteiger charge is -2.35. The molecule has 0 aliphatic carbocycles. The maximum Gasteiger partial charge on any atom is 0.273 e. The molecule has 2 heterocycles. The summed E-state index contributed by atoms with van der Waals surface area (Å²) in [6.45, 7) is 2.27. The molecular formula is C24H21FN4OS. The van der Waals surface area contributed by atoms with E-state index in [1.54, 1.807) is 22.4 Å². The summed E-state index contributed by atoms with van der Waals surface area (Å²) in [5.41, 5.74) is 1.99. The van der Waals surface area contributed by atoms with Crippen LogP contribution in [0.4, 0.5) is 20.9 Å². The fourth-order valence-electron chi connectivity index (χ4n) is 3.90. The van der Waals surface area contributed by atoms with Crippen LogP contribution in [0.5, 0.6) is 0 Å². The number of benzene rings is 3. The van der Waals surface area contributed by atoms with Crippen LogP contribution >= 0.6 is 11.3 Å². The fraction of sp³-hybridized carbons (Fsp3) is 0.167. The number of hydrogen-bond donors (Lipinski definition) is 1. The van der Waals surface area contributed by atoms with E-state index in [-0.39, 0.29) is 11.7 Å². The number of aromatic nitrogens is 1. The molecule has 0 saturated carbocycles. The molecule has 4 aromatic rings. The van der Waals surface area contributed by atoms with E-state index in [0.717, 1.165) is 16.5 Å². The molecule has 1 aliphatic rings. The van der Waals surface area contributed by atoms with Crippen molar-refractivity contribution in [3.05, 3.63) is 83.6 Å². The molecule has 0 radical (unpaired) electrons. The average molecular weight is 433 g/mol. The second-order valence-electron chi connectivity index (χ2n) is 7.42. The number of piperazine rings is 1. The molecule has 1 amide bonds. The third kappa shape index (κ3) is 3.96. The quantitative estimate of drug-likeness (QED) is 0.485. The molecule has 1 aliphatic heterocycles. The minimum absolute atomic E-state index is 0.0876. The summed E-state index contributed by atoms with van der Waals surface area (Å²) >= 11 is 1.41. The Labute approximate surface area is 183 Å². The van der Waals surface area contributed by atoms with Crippen LogP contribution < -0.4 is 10.2 Å². The predicted octanol–water partition coefficient (Wildman–Crippen LogP) is 5.14. The normalized spacial score (nSPS) is 14.1. The molecule has 1 saturated heterocycles. The van der Waals surface area contributed by atoms with Crippen LogP contribution in [0.1, 0.15) is 10.5 Å². The lowest BCUT2D eigenvalue weighted by molar-refractivity contribution is 0.0741. The number of nitrogens with zero attached hydrogens (tertiary/aromatic N) is 3. The second-order valence-corrected chi connectivity index (χ2v) is 8.28. The van der Waals surface area contributed by atoms with E-state index < -0.39 is 0 Å². The monoisotopic (exact) mass is 432 g/mol. The number of nitrogens with one attached hydrogen (secondary N) is 1. The smallest absolute Gasteiger partial charge is 0.273 e. The van der Waals surface area contributed by atoms with Gasteiger partial charge in [-0.25, -0.2) is 9.37 Å². The number of thiazole rings is 1. The third-order valence-electron chi connectivity index (χ3n) is 5.51. The van der Waals surface area contributed by atoms with E-state index in [4.69, 9.17) is 0 Å². The summed E-state index contributed by atoms with van der Waals surface area (Å²) in [7, 11) is 0. The lowest BCUT2D eigenvalue weighted by atomic mass is 10.1. The van der Waals surface area contributed by atoms with E-state index >= 15 is 0 Å². The molecule has 1 aromatic heterocycles. The van der Waals surface area contributed by atoms with Gasteiger partial charge in [-0.15, -0.1) is 11.3 Å². The van der Waals surface area contributed by atoms with Gasteiger partial charge in [0.15, 0.2) is 5.13 Å². The lowest BCUT2D eigenvalue weighted by Crippen LogP contribution is -2.49. The molecule has 3 aromatic carbocycles. The number of amides is 1. The molecule has 0 unspecified atom stereocenters. The van der Waals surface area contributed by atoms with Crippen molar-refractivity contribution in [3.8, 4) is 0 Å². The standard InChI is InChI=1S/C24H21FN4OS/c25-19-9-3-4-11-22(19)28-12-14-29(15-13-28)23(30)21-16-31-24(27-21)26-20-10-5-7-17-6-1-2-8-18(17)20/h1-11,16H,12-15H2,(H,26,27). The minimum atomic E-state index is -0.231. The van der Waals surface area contributed by atoms with Crippen molar-refractivity contribution in [2.75, 3.05) is 36.4 Å². The van der Waals surface area contributed by atoms with E-state index in [0.29, 0.717) is 42.7 Å². The molecule has 0 spiro atoms. The zero-order chi connectivity index (χ0) is 21.2. The number of para-hydroxylation sites is 1. The number of fused-ring (bicyclic) bond motifs is 1. The first-order chi connectivity index (χ1) is 15.2. The molecule has 0 atom stereocenters. The number of rotatable bonds is 4. The van der Waals surface area contributed by atoms with Crippen molar-refractivity contribution >= 4 is 44.5 Å². The van der Waals surface area contributed by atoms with Gasteiger partial charge in [0, 0.05) is 42.6 Å². The molecule has 7 heteroatoms. The Morgan fingerprint density at radius 2 is 1.68 bits per heavy atom. The van der Waals surface area contributed by atoms with Crippen LogP contribution in [-0.2, 0) is 0 Å². The van der Waals surface area contributed by atoms with Gasteiger partial charge in [-0.1, -0.05) is 48.5 Å². The van der Waals surface area contributed by atoms with Crippen molar-refractivity contribution in [2.45, 2.75) is 0 Å². The molecule has 5 nitrogen and oxygen atoms in total. The van der Waals surface area contributed by atoms with Crippen LogP contribution in [0.25, 0.3) is 10.8 Å². The van der Waals surface area contributed by atoms with Gasteiger partial charge in [0.25, 0.3) is 5.91 Å². The highest BCUT2D eigenvalue weighted by Crippen LogP contribution is 2.28. The number of carbonyl (C=O) groups excluding carboxylic acids is 1. The Hall–Kier alpha value is -3.45. The van der Waals surface area contributed by atoms with Crippen LogP contribution in [0.15, 0.2) is 72.1 Å². The van der Waals surface area contributed by atoms with Crippen LogP contribution in [0, 0.1) is 5.82 Å². The highest BCUT2D eigenvalue weighted by atomic mass is 32.1. The van der Waals surface area contributed by atoms with Gasteiger partial charge in [0.2, 0.25) is 0 Å². The van der Waals surface area contributed by atoms with Gasteiger partial charge in [-0.2, -0.15) is 0 Å². The van der Waals surface area contributed by atoms with Crippen molar-refractivity contribution in [1.29, 1.82) is 0 Å². The third-order valence-corrected chi connectivity index (χ3v) is 6.27.